The van der Waals surface area contributed by atoms with Crippen LogP contribution in [0.15, 0.2) is 180 Å². The maximum absolute atomic E-state index is 6.62. The van der Waals surface area contributed by atoms with Crippen LogP contribution in [-0.4, -0.2) is 15.0 Å². The summed E-state index contributed by atoms with van der Waals surface area (Å²) in [6.07, 6.45) is 0. The summed E-state index contributed by atoms with van der Waals surface area (Å²) in [7, 11) is 0. The van der Waals surface area contributed by atoms with E-state index in [0.29, 0.717) is 17.5 Å². The summed E-state index contributed by atoms with van der Waals surface area (Å²) in [4.78, 5) is 16.1. The van der Waals surface area contributed by atoms with E-state index in [9.17, 15) is 0 Å². The van der Waals surface area contributed by atoms with Crippen molar-refractivity contribution in [2.45, 2.75) is 19.3 Å². The summed E-state index contributed by atoms with van der Waals surface area (Å²) >= 11 is 1.80. The van der Waals surface area contributed by atoms with Crippen molar-refractivity contribution in [1.82, 2.24) is 15.0 Å². The SMILES string of the molecule is CC1(C)c2ccccc2-c2c(-c3ccc4oc5cccc(-c6nc(-c7ccccc7-c7ccccc7)nc(-c7cccc8sc9ccccc9c78)n6)c5c4c3)cccc21. The van der Waals surface area contributed by atoms with E-state index in [1.807, 2.05) is 18.2 Å². The normalized spacial score (nSPS) is 13.1. The van der Waals surface area contributed by atoms with Crippen LogP contribution in [0.2, 0.25) is 0 Å². The van der Waals surface area contributed by atoms with Gasteiger partial charge in [-0.15, -0.1) is 11.3 Å². The number of thiophene rings is 1. The van der Waals surface area contributed by atoms with Gasteiger partial charge in [-0.2, -0.15) is 0 Å². The lowest BCUT2D eigenvalue weighted by Gasteiger charge is -2.21. The average Bonchev–Trinajstić information content (AvgIpc) is 3.94. The number of hydrogen-bond donors (Lipinski definition) is 0. The molecule has 59 heavy (non-hydrogen) atoms. The quantitative estimate of drug-likeness (QED) is 0.175. The molecule has 0 N–H and O–H groups in total. The Hall–Kier alpha value is -7.21. The molecule has 0 radical (unpaired) electrons. The Morgan fingerprint density at radius 3 is 1.83 bits per heavy atom. The Labute approximate surface area is 345 Å². The number of furan rings is 1. The fourth-order valence-electron chi connectivity index (χ4n) is 9.42. The van der Waals surface area contributed by atoms with Gasteiger partial charge in [0.25, 0.3) is 0 Å². The van der Waals surface area contributed by atoms with Crippen LogP contribution in [0.5, 0.6) is 0 Å². The lowest BCUT2D eigenvalue weighted by molar-refractivity contribution is 0.660. The lowest BCUT2D eigenvalue weighted by Crippen LogP contribution is -2.14. The highest BCUT2D eigenvalue weighted by atomic mass is 32.1. The van der Waals surface area contributed by atoms with Crippen LogP contribution in [0.4, 0.5) is 0 Å². The molecule has 0 spiro atoms. The van der Waals surface area contributed by atoms with Crippen molar-refractivity contribution in [3.05, 3.63) is 187 Å². The fraction of sp³-hybridized carbons (Fsp3) is 0.0556. The maximum atomic E-state index is 6.62. The first kappa shape index (κ1) is 33.9. The van der Waals surface area contributed by atoms with Gasteiger partial charge in [0.2, 0.25) is 0 Å². The molecule has 278 valence electrons. The van der Waals surface area contributed by atoms with Crippen LogP contribution >= 0.6 is 11.3 Å². The zero-order valence-corrected chi connectivity index (χ0v) is 33.2. The number of benzene rings is 8. The van der Waals surface area contributed by atoms with Crippen LogP contribution in [-0.2, 0) is 5.41 Å². The molecule has 0 atom stereocenters. The summed E-state index contributed by atoms with van der Waals surface area (Å²) in [5, 5.41) is 4.36. The molecule has 0 saturated carbocycles. The zero-order valence-electron chi connectivity index (χ0n) is 32.4. The molecule has 1 aliphatic rings. The van der Waals surface area contributed by atoms with Crippen molar-refractivity contribution < 1.29 is 4.42 Å². The second-order valence-corrected chi connectivity index (χ2v) is 17.0. The van der Waals surface area contributed by atoms with Gasteiger partial charge in [-0.3, -0.25) is 0 Å². The first-order valence-corrected chi connectivity index (χ1v) is 20.8. The van der Waals surface area contributed by atoms with E-state index in [1.54, 1.807) is 11.3 Å². The summed E-state index contributed by atoms with van der Waals surface area (Å²) in [6, 6.07) is 62.3. The van der Waals surface area contributed by atoms with Crippen molar-refractivity contribution in [2.75, 3.05) is 0 Å². The van der Waals surface area contributed by atoms with Gasteiger partial charge >= 0.3 is 0 Å². The number of hydrogen-bond acceptors (Lipinski definition) is 5. The predicted molar refractivity (Wildman–Crippen MR) is 245 cm³/mol. The van der Waals surface area contributed by atoms with Gasteiger partial charge in [-0.05, 0) is 74.8 Å². The molecule has 8 aromatic carbocycles. The van der Waals surface area contributed by atoms with Crippen LogP contribution in [0.25, 0.3) is 110 Å². The van der Waals surface area contributed by atoms with Gasteiger partial charge in [-0.1, -0.05) is 159 Å². The summed E-state index contributed by atoms with van der Waals surface area (Å²) < 4.78 is 9.06. The smallest absolute Gasteiger partial charge is 0.164 e. The first-order valence-electron chi connectivity index (χ1n) is 20.0. The molecule has 3 heterocycles. The Morgan fingerprint density at radius 2 is 1.00 bits per heavy atom. The second-order valence-electron chi connectivity index (χ2n) is 15.9. The molecule has 0 amide bonds. The summed E-state index contributed by atoms with van der Waals surface area (Å²) in [5.74, 6) is 1.85. The first-order chi connectivity index (χ1) is 29.0. The number of aromatic nitrogens is 3. The van der Waals surface area contributed by atoms with Gasteiger partial charge in [0.05, 0.1) is 0 Å². The van der Waals surface area contributed by atoms with Crippen LogP contribution in [0.1, 0.15) is 25.0 Å². The zero-order chi connectivity index (χ0) is 39.2. The highest BCUT2D eigenvalue weighted by molar-refractivity contribution is 7.25. The van der Waals surface area contributed by atoms with Gasteiger partial charge in [0.1, 0.15) is 11.2 Å². The molecule has 0 bridgehead atoms. The third-order valence-electron chi connectivity index (χ3n) is 12.2. The lowest BCUT2D eigenvalue weighted by atomic mass is 9.82. The number of fused-ring (bicyclic) bond motifs is 9. The molecule has 0 unspecified atom stereocenters. The molecule has 0 aliphatic heterocycles. The van der Waals surface area contributed by atoms with Gasteiger partial charge in [0, 0.05) is 53.1 Å². The largest absolute Gasteiger partial charge is 0.456 e. The minimum Gasteiger partial charge on any atom is -0.456 e. The second kappa shape index (κ2) is 12.9. The summed E-state index contributed by atoms with van der Waals surface area (Å²) in [6.45, 7) is 4.66. The van der Waals surface area contributed by atoms with E-state index in [0.717, 1.165) is 60.7 Å². The van der Waals surface area contributed by atoms with E-state index >= 15 is 0 Å². The molecule has 11 aromatic rings. The van der Waals surface area contributed by atoms with Crippen molar-refractivity contribution in [1.29, 1.82) is 0 Å². The standard InChI is InChI=1S/C54H35N3OS/c1-54(2)42-24-10-8-19-37(42)48-35(21-12-25-43(48)54)33-29-30-44-41(31-33)49-39(22-13-26-45(49)58-44)52-55-51(36-18-7-6-17-34(36)32-15-4-3-5-16-32)56-53(57-52)40-23-14-28-47-50(40)38-20-9-11-27-46(38)59-47/h3-31H,1-2H3. The van der Waals surface area contributed by atoms with E-state index in [1.165, 1.54) is 42.6 Å². The molecule has 4 nitrogen and oxygen atoms in total. The molecule has 3 aromatic heterocycles. The Morgan fingerprint density at radius 1 is 0.407 bits per heavy atom. The highest BCUT2D eigenvalue weighted by Crippen LogP contribution is 2.52. The van der Waals surface area contributed by atoms with Gasteiger partial charge in [0.15, 0.2) is 17.5 Å². The third kappa shape index (κ3) is 5.18. The van der Waals surface area contributed by atoms with E-state index in [-0.39, 0.29) is 5.41 Å². The molecule has 0 fully saturated rings. The monoisotopic (exact) mass is 773 g/mol. The minimum absolute atomic E-state index is 0.0889. The van der Waals surface area contributed by atoms with Crippen LogP contribution in [0.3, 0.4) is 0 Å². The highest BCUT2D eigenvalue weighted by Gasteiger charge is 2.36. The van der Waals surface area contributed by atoms with Crippen LogP contribution in [0, 0.1) is 0 Å². The summed E-state index contributed by atoms with van der Waals surface area (Å²) in [5.41, 5.74) is 14.2. The molecular weight excluding hydrogens is 739 g/mol. The van der Waals surface area contributed by atoms with Crippen molar-refractivity contribution in [3.63, 3.8) is 0 Å². The van der Waals surface area contributed by atoms with E-state index in [4.69, 9.17) is 19.4 Å². The Bertz CT molecular complexity index is 3490. The molecule has 1 aliphatic carbocycles. The fourth-order valence-corrected chi connectivity index (χ4v) is 10.6. The van der Waals surface area contributed by atoms with Crippen molar-refractivity contribution in [2.24, 2.45) is 0 Å². The van der Waals surface area contributed by atoms with Gasteiger partial charge < -0.3 is 4.42 Å². The molecule has 12 rings (SSSR count). The van der Waals surface area contributed by atoms with Crippen molar-refractivity contribution in [3.8, 4) is 67.5 Å². The number of rotatable bonds is 5. The number of nitrogens with zero attached hydrogens (tertiary/aromatic N) is 3. The van der Waals surface area contributed by atoms with Crippen molar-refractivity contribution >= 4 is 53.4 Å². The molecule has 5 heteroatoms. The minimum atomic E-state index is -0.0889. The van der Waals surface area contributed by atoms with Crippen LogP contribution < -0.4 is 0 Å². The molecule has 0 saturated heterocycles. The Balaban J connectivity index is 1.11. The van der Waals surface area contributed by atoms with Gasteiger partial charge in [-0.25, -0.2) is 15.0 Å². The topological polar surface area (TPSA) is 51.8 Å². The Kier molecular flexibility index (Phi) is 7.41. The predicted octanol–water partition coefficient (Wildman–Crippen LogP) is 14.8. The maximum Gasteiger partial charge on any atom is 0.164 e. The third-order valence-corrected chi connectivity index (χ3v) is 13.3. The van der Waals surface area contributed by atoms with E-state index in [2.05, 4.69) is 172 Å². The average molecular weight is 774 g/mol. The van der Waals surface area contributed by atoms with E-state index < -0.39 is 0 Å². The molecular formula is C54H35N3OS.